The van der Waals surface area contributed by atoms with Crippen molar-refractivity contribution in [3.05, 3.63) is 115 Å². The maximum Gasteiger partial charge on any atom is 0.119 e. The molecule has 0 bridgehead atoms. The van der Waals surface area contributed by atoms with Crippen LogP contribution in [0.25, 0.3) is 0 Å². The highest BCUT2D eigenvalue weighted by atomic mass is 16.5. The molecule has 30 heavy (non-hydrogen) atoms. The topological polar surface area (TPSA) is 21.7 Å². The monoisotopic (exact) mass is 395 g/mol. The lowest BCUT2D eigenvalue weighted by molar-refractivity contribution is 0.322. The summed E-state index contributed by atoms with van der Waals surface area (Å²) in [7, 11) is 1.68. The Balaban J connectivity index is 1.45. The number of para-hydroxylation sites is 2. The number of rotatable bonds is 8. The second kappa shape index (κ2) is 9.66. The summed E-state index contributed by atoms with van der Waals surface area (Å²) in [5.41, 5.74) is 4.57. The average molecular weight is 396 g/mol. The largest absolute Gasteiger partial charge is 0.497 e. The van der Waals surface area contributed by atoms with Gasteiger partial charge in [-0.1, -0.05) is 48.5 Å². The van der Waals surface area contributed by atoms with Gasteiger partial charge in [-0.05, 0) is 66.2 Å². The number of benzene rings is 4. The maximum atomic E-state index is 5.96. The number of hydrogen-bond donors (Lipinski definition) is 0. The van der Waals surface area contributed by atoms with Crippen LogP contribution in [0.2, 0.25) is 0 Å². The van der Waals surface area contributed by atoms with Gasteiger partial charge in [0.2, 0.25) is 0 Å². The highest BCUT2D eigenvalue weighted by Crippen LogP contribution is 2.34. The van der Waals surface area contributed by atoms with Gasteiger partial charge in [0, 0.05) is 23.5 Å². The number of anilines is 3. The molecule has 0 spiro atoms. The summed E-state index contributed by atoms with van der Waals surface area (Å²) in [6.45, 7) is 0.632. The van der Waals surface area contributed by atoms with E-state index in [2.05, 4.69) is 77.7 Å². The standard InChI is InChI=1S/C27H25NO2/c1-29-26-16-12-22(13-17-26)20-21-30-27-18-14-25(15-19-27)28(23-8-4-2-5-9-23)24-10-6-3-7-11-24/h2-19H,20-21H2,1H3. The first-order valence-corrected chi connectivity index (χ1v) is 10.1. The molecule has 3 nitrogen and oxygen atoms in total. The fourth-order valence-corrected chi connectivity index (χ4v) is 3.37. The van der Waals surface area contributed by atoms with E-state index in [0.717, 1.165) is 35.0 Å². The van der Waals surface area contributed by atoms with Crippen LogP contribution < -0.4 is 14.4 Å². The van der Waals surface area contributed by atoms with Crippen LogP contribution in [-0.2, 0) is 6.42 Å². The van der Waals surface area contributed by atoms with E-state index in [4.69, 9.17) is 9.47 Å². The van der Waals surface area contributed by atoms with Gasteiger partial charge in [0.1, 0.15) is 11.5 Å². The molecule has 0 N–H and O–H groups in total. The minimum Gasteiger partial charge on any atom is -0.497 e. The lowest BCUT2D eigenvalue weighted by Gasteiger charge is -2.25. The van der Waals surface area contributed by atoms with Gasteiger partial charge in [-0.2, -0.15) is 0 Å². The fraction of sp³-hybridized carbons (Fsp3) is 0.111. The zero-order valence-electron chi connectivity index (χ0n) is 17.1. The summed E-state index contributed by atoms with van der Waals surface area (Å²) in [6.07, 6.45) is 0.853. The first-order valence-electron chi connectivity index (χ1n) is 10.1. The summed E-state index contributed by atoms with van der Waals surface area (Å²) in [4.78, 5) is 2.24. The Labute approximate surface area is 178 Å². The van der Waals surface area contributed by atoms with Crippen molar-refractivity contribution in [2.75, 3.05) is 18.6 Å². The molecule has 4 aromatic carbocycles. The molecule has 0 heterocycles. The number of methoxy groups -OCH3 is 1. The van der Waals surface area contributed by atoms with Crippen LogP contribution in [0.15, 0.2) is 109 Å². The molecule has 4 rings (SSSR count). The second-order valence-electron chi connectivity index (χ2n) is 6.95. The first kappa shape index (κ1) is 19.6. The van der Waals surface area contributed by atoms with E-state index in [9.17, 15) is 0 Å². The van der Waals surface area contributed by atoms with E-state index in [0.29, 0.717) is 6.61 Å². The molecule has 0 radical (unpaired) electrons. The van der Waals surface area contributed by atoms with Crippen LogP contribution in [0.4, 0.5) is 17.1 Å². The van der Waals surface area contributed by atoms with Crippen molar-refractivity contribution in [1.82, 2.24) is 0 Å². The quantitative estimate of drug-likeness (QED) is 0.328. The third-order valence-electron chi connectivity index (χ3n) is 4.94. The molecule has 0 unspecified atom stereocenters. The van der Waals surface area contributed by atoms with Gasteiger partial charge in [0.05, 0.1) is 13.7 Å². The predicted molar refractivity (Wildman–Crippen MR) is 123 cm³/mol. The fourth-order valence-electron chi connectivity index (χ4n) is 3.37. The van der Waals surface area contributed by atoms with Crippen molar-refractivity contribution in [3.8, 4) is 11.5 Å². The smallest absolute Gasteiger partial charge is 0.119 e. The highest BCUT2D eigenvalue weighted by molar-refractivity contribution is 5.76. The number of hydrogen-bond acceptors (Lipinski definition) is 3. The molecular formula is C27H25NO2. The zero-order chi connectivity index (χ0) is 20.6. The van der Waals surface area contributed by atoms with Crippen molar-refractivity contribution in [2.24, 2.45) is 0 Å². The highest BCUT2D eigenvalue weighted by Gasteiger charge is 2.11. The Hall–Kier alpha value is -3.72. The van der Waals surface area contributed by atoms with Crippen LogP contribution in [0.1, 0.15) is 5.56 Å². The third kappa shape index (κ3) is 4.81. The van der Waals surface area contributed by atoms with Gasteiger partial charge in [-0.3, -0.25) is 0 Å². The summed E-state index contributed by atoms with van der Waals surface area (Å²) in [5, 5.41) is 0. The molecule has 0 aromatic heterocycles. The van der Waals surface area contributed by atoms with E-state index in [1.807, 2.05) is 36.4 Å². The van der Waals surface area contributed by atoms with Crippen molar-refractivity contribution in [3.63, 3.8) is 0 Å². The van der Waals surface area contributed by atoms with Crippen LogP contribution in [0.3, 0.4) is 0 Å². The van der Waals surface area contributed by atoms with Gasteiger partial charge in [-0.25, -0.2) is 0 Å². The van der Waals surface area contributed by atoms with Crippen molar-refractivity contribution >= 4 is 17.1 Å². The lowest BCUT2D eigenvalue weighted by atomic mass is 10.1. The van der Waals surface area contributed by atoms with E-state index in [1.54, 1.807) is 7.11 Å². The normalized spacial score (nSPS) is 10.4. The summed E-state index contributed by atoms with van der Waals surface area (Å²) < 4.78 is 11.2. The Bertz CT molecular complexity index is 990. The Morgan fingerprint density at radius 1 is 0.567 bits per heavy atom. The summed E-state index contributed by atoms with van der Waals surface area (Å²) in [5.74, 6) is 1.74. The van der Waals surface area contributed by atoms with Crippen LogP contribution in [0.5, 0.6) is 11.5 Å². The number of ether oxygens (including phenoxy) is 2. The Morgan fingerprint density at radius 3 is 1.60 bits per heavy atom. The maximum absolute atomic E-state index is 5.96. The van der Waals surface area contributed by atoms with E-state index >= 15 is 0 Å². The van der Waals surface area contributed by atoms with Crippen LogP contribution in [-0.4, -0.2) is 13.7 Å². The molecule has 0 atom stereocenters. The molecule has 4 aromatic rings. The van der Waals surface area contributed by atoms with Gasteiger partial charge in [-0.15, -0.1) is 0 Å². The molecular weight excluding hydrogens is 370 g/mol. The molecule has 0 aliphatic heterocycles. The first-order chi connectivity index (χ1) is 14.8. The summed E-state index contributed by atoms with van der Waals surface area (Å²) in [6, 6.07) is 37.1. The average Bonchev–Trinajstić information content (AvgIpc) is 2.82. The van der Waals surface area contributed by atoms with Crippen LogP contribution in [0, 0.1) is 0 Å². The van der Waals surface area contributed by atoms with Crippen molar-refractivity contribution < 1.29 is 9.47 Å². The Morgan fingerprint density at radius 2 is 1.07 bits per heavy atom. The molecule has 0 fully saturated rings. The molecule has 0 aliphatic carbocycles. The van der Waals surface area contributed by atoms with Gasteiger partial charge >= 0.3 is 0 Å². The van der Waals surface area contributed by atoms with Crippen molar-refractivity contribution in [1.29, 1.82) is 0 Å². The molecule has 150 valence electrons. The summed E-state index contributed by atoms with van der Waals surface area (Å²) >= 11 is 0. The molecule has 0 amide bonds. The lowest BCUT2D eigenvalue weighted by Crippen LogP contribution is -2.09. The predicted octanol–water partition coefficient (Wildman–Crippen LogP) is 6.79. The second-order valence-corrected chi connectivity index (χ2v) is 6.95. The van der Waals surface area contributed by atoms with E-state index in [-0.39, 0.29) is 0 Å². The van der Waals surface area contributed by atoms with Gasteiger partial charge < -0.3 is 14.4 Å². The van der Waals surface area contributed by atoms with E-state index in [1.165, 1.54) is 5.56 Å². The molecule has 0 saturated carbocycles. The minimum absolute atomic E-state index is 0.632. The van der Waals surface area contributed by atoms with Crippen molar-refractivity contribution in [2.45, 2.75) is 6.42 Å². The molecule has 0 aliphatic rings. The van der Waals surface area contributed by atoms with Gasteiger partial charge in [0.25, 0.3) is 0 Å². The number of nitrogens with zero attached hydrogens (tertiary/aromatic N) is 1. The van der Waals surface area contributed by atoms with Gasteiger partial charge in [0.15, 0.2) is 0 Å². The Kier molecular flexibility index (Phi) is 6.31. The SMILES string of the molecule is COc1ccc(CCOc2ccc(N(c3ccccc3)c3ccccc3)cc2)cc1. The molecule has 3 heteroatoms. The molecule has 0 saturated heterocycles. The third-order valence-corrected chi connectivity index (χ3v) is 4.94. The zero-order valence-corrected chi connectivity index (χ0v) is 17.1. The minimum atomic E-state index is 0.632. The van der Waals surface area contributed by atoms with Crippen LogP contribution >= 0.6 is 0 Å². The van der Waals surface area contributed by atoms with E-state index < -0.39 is 0 Å².